The first-order valence-corrected chi connectivity index (χ1v) is 12.0. The highest BCUT2D eigenvalue weighted by Gasteiger charge is 2.23. The highest BCUT2D eigenvalue weighted by molar-refractivity contribution is 7.90. The zero-order valence-electron chi connectivity index (χ0n) is 18.6. The fourth-order valence-corrected chi connectivity index (χ4v) is 5.07. The third-order valence-corrected chi connectivity index (χ3v) is 6.91. The van der Waals surface area contributed by atoms with Crippen LogP contribution in [0.4, 0.5) is 4.39 Å². The maximum absolute atomic E-state index is 14.5. The molecule has 0 fully saturated rings. The number of pyridine rings is 1. The van der Waals surface area contributed by atoms with Crippen molar-refractivity contribution in [1.82, 2.24) is 9.71 Å². The van der Waals surface area contributed by atoms with Gasteiger partial charge in [-0.3, -0.25) is 4.79 Å². The van der Waals surface area contributed by atoms with Crippen LogP contribution in [0.5, 0.6) is 5.88 Å². The molecular formula is C24H24ClFN2O4S. The number of carbonyl (C=O) groups excluding carboxylic acids is 1. The second kappa shape index (κ2) is 9.89. The predicted octanol–water partition coefficient (Wildman–Crippen LogP) is 5.03. The van der Waals surface area contributed by atoms with Crippen molar-refractivity contribution in [2.45, 2.75) is 38.0 Å². The maximum Gasteiger partial charge on any atom is 0.264 e. The van der Waals surface area contributed by atoms with Crippen LogP contribution in [0, 0.1) is 12.7 Å². The SMILES string of the molecule is COc1cc(-c2cc(F)cc(C(C)C)c2CC(=O)NS(=O)(=O)c2ccc(Cl)cc2C)ccn1. The minimum Gasteiger partial charge on any atom is -0.481 e. The fraction of sp³-hybridized carbons (Fsp3) is 0.250. The highest BCUT2D eigenvalue weighted by atomic mass is 35.5. The second-order valence-corrected chi connectivity index (χ2v) is 9.97. The largest absolute Gasteiger partial charge is 0.481 e. The summed E-state index contributed by atoms with van der Waals surface area (Å²) < 4.78 is 47.4. The second-order valence-electron chi connectivity index (χ2n) is 7.88. The van der Waals surface area contributed by atoms with Crippen molar-refractivity contribution < 1.29 is 22.3 Å². The van der Waals surface area contributed by atoms with Crippen molar-refractivity contribution in [3.63, 3.8) is 0 Å². The third-order valence-electron chi connectivity index (χ3n) is 5.14. The first kappa shape index (κ1) is 24.7. The number of rotatable bonds is 7. The van der Waals surface area contributed by atoms with Crippen LogP contribution in [-0.2, 0) is 21.2 Å². The van der Waals surface area contributed by atoms with Crippen LogP contribution in [0.3, 0.4) is 0 Å². The van der Waals surface area contributed by atoms with Crippen molar-refractivity contribution in [2.75, 3.05) is 7.11 Å². The van der Waals surface area contributed by atoms with Gasteiger partial charge in [0.1, 0.15) is 5.82 Å². The number of sulfonamides is 1. The van der Waals surface area contributed by atoms with Crippen molar-refractivity contribution in [2.24, 2.45) is 0 Å². The van der Waals surface area contributed by atoms with Crippen LogP contribution < -0.4 is 9.46 Å². The first-order chi connectivity index (χ1) is 15.5. The van der Waals surface area contributed by atoms with E-state index in [-0.39, 0.29) is 17.2 Å². The molecule has 6 nitrogen and oxygen atoms in total. The van der Waals surface area contributed by atoms with E-state index in [1.54, 1.807) is 19.1 Å². The molecule has 0 unspecified atom stereocenters. The summed E-state index contributed by atoms with van der Waals surface area (Å²) in [5, 5.41) is 0.392. The Bertz CT molecular complexity index is 1310. The Balaban J connectivity index is 2.02. The van der Waals surface area contributed by atoms with Crippen LogP contribution in [0.1, 0.15) is 36.5 Å². The highest BCUT2D eigenvalue weighted by Crippen LogP contribution is 2.33. The number of aryl methyl sites for hydroxylation is 1. The molecule has 1 heterocycles. The number of nitrogens with zero attached hydrogens (tertiary/aromatic N) is 1. The number of nitrogens with one attached hydrogen (secondary N) is 1. The number of aromatic nitrogens is 1. The average Bonchev–Trinajstić information content (AvgIpc) is 2.73. The number of ether oxygens (including phenoxy) is 1. The summed E-state index contributed by atoms with van der Waals surface area (Å²) in [4.78, 5) is 16.9. The number of methoxy groups -OCH3 is 1. The normalized spacial score (nSPS) is 11.5. The van der Waals surface area contributed by atoms with Crippen molar-refractivity contribution in [3.8, 4) is 17.0 Å². The molecule has 0 bridgehead atoms. The van der Waals surface area contributed by atoms with E-state index in [0.29, 0.717) is 38.7 Å². The van der Waals surface area contributed by atoms with Crippen LogP contribution in [-0.4, -0.2) is 26.4 Å². The van der Waals surface area contributed by atoms with Gasteiger partial charge in [0.25, 0.3) is 10.0 Å². The van der Waals surface area contributed by atoms with Gasteiger partial charge in [0.15, 0.2) is 0 Å². The standard InChI is InChI=1S/C24H24ClFN2O4S/c1-14(2)19-11-18(26)12-20(16-7-8-27-24(10-16)32-4)21(19)13-23(29)28-33(30,31)22-6-5-17(25)9-15(22)3/h5-12,14H,13H2,1-4H3,(H,28,29). The molecule has 1 aromatic heterocycles. The van der Waals surface area contributed by atoms with Crippen LogP contribution in [0.25, 0.3) is 11.1 Å². The van der Waals surface area contributed by atoms with Gasteiger partial charge in [-0.15, -0.1) is 0 Å². The molecule has 1 amide bonds. The molecule has 0 radical (unpaired) electrons. The number of amides is 1. The van der Waals surface area contributed by atoms with E-state index in [0.717, 1.165) is 0 Å². The molecule has 3 rings (SSSR count). The zero-order valence-corrected chi connectivity index (χ0v) is 20.2. The summed E-state index contributed by atoms with van der Waals surface area (Å²) in [5.74, 6) is -0.974. The molecule has 0 saturated heterocycles. The van der Waals surface area contributed by atoms with Crippen LogP contribution in [0.15, 0.2) is 53.6 Å². The van der Waals surface area contributed by atoms with Crippen molar-refractivity contribution in [1.29, 1.82) is 0 Å². The molecule has 0 saturated carbocycles. The monoisotopic (exact) mass is 490 g/mol. The summed E-state index contributed by atoms with van der Waals surface area (Å²) in [7, 11) is -2.65. The lowest BCUT2D eigenvalue weighted by atomic mass is 9.88. The van der Waals surface area contributed by atoms with Gasteiger partial charge in [0.2, 0.25) is 11.8 Å². The average molecular weight is 491 g/mol. The number of hydrogen-bond acceptors (Lipinski definition) is 5. The van der Waals surface area contributed by atoms with Crippen LogP contribution >= 0.6 is 11.6 Å². The fourth-order valence-electron chi connectivity index (χ4n) is 3.63. The summed E-state index contributed by atoms with van der Waals surface area (Å²) in [5.41, 5.74) is 2.62. The Morgan fingerprint density at radius 1 is 1.18 bits per heavy atom. The lowest BCUT2D eigenvalue weighted by molar-refractivity contribution is -0.118. The van der Waals surface area contributed by atoms with E-state index in [1.165, 1.54) is 43.6 Å². The summed E-state index contributed by atoms with van der Waals surface area (Å²) in [6, 6.07) is 10.3. The smallest absolute Gasteiger partial charge is 0.264 e. The van der Waals surface area contributed by atoms with Gasteiger partial charge in [-0.1, -0.05) is 25.4 Å². The molecule has 1 N–H and O–H groups in total. The van der Waals surface area contributed by atoms with E-state index >= 15 is 0 Å². The minimum atomic E-state index is -4.12. The minimum absolute atomic E-state index is 0.0393. The van der Waals surface area contributed by atoms with Gasteiger partial charge in [-0.25, -0.2) is 22.5 Å². The molecule has 33 heavy (non-hydrogen) atoms. The van der Waals surface area contributed by atoms with E-state index in [4.69, 9.17) is 16.3 Å². The number of hydrogen-bond donors (Lipinski definition) is 1. The molecule has 0 spiro atoms. The molecule has 0 aliphatic carbocycles. The number of benzene rings is 2. The molecule has 174 valence electrons. The van der Waals surface area contributed by atoms with Gasteiger partial charge < -0.3 is 4.74 Å². The Morgan fingerprint density at radius 2 is 1.91 bits per heavy atom. The predicted molar refractivity (Wildman–Crippen MR) is 125 cm³/mol. The zero-order chi connectivity index (χ0) is 24.3. The summed E-state index contributed by atoms with van der Waals surface area (Å²) in [6.45, 7) is 5.35. The van der Waals surface area contributed by atoms with Gasteiger partial charge in [-0.2, -0.15) is 0 Å². The molecule has 9 heteroatoms. The molecule has 0 aliphatic rings. The van der Waals surface area contributed by atoms with Gasteiger partial charge in [0.05, 0.1) is 18.4 Å². The molecular weight excluding hydrogens is 467 g/mol. The van der Waals surface area contributed by atoms with Crippen LogP contribution in [0.2, 0.25) is 5.02 Å². The topological polar surface area (TPSA) is 85.4 Å². The van der Waals surface area contributed by atoms with E-state index in [9.17, 15) is 17.6 Å². The van der Waals surface area contributed by atoms with Crippen molar-refractivity contribution in [3.05, 3.63) is 76.2 Å². The van der Waals surface area contributed by atoms with Gasteiger partial charge in [0, 0.05) is 17.3 Å². The quantitative estimate of drug-likeness (QED) is 0.502. The lowest BCUT2D eigenvalue weighted by Gasteiger charge is -2.18. The first-order valence-electron chi connectivity index (χ1n) is 10.2. The van der Waals surface area contributed by atoms with Gasteiger partial charge in [-0.05, 0) is 77.1 Å². The molecule has 0 aliphatic heterocycles. The number of carbonyl (C=O) groups is 1. The third kappa shape index (κ3) is 5.69. The van der Waals surface area contributed by atoms with E-state index in [1.807, 2.05) is 13.8 Å². The maximum atomic E-state index is 14.5. The molecule has 0 atom stereocenters. The Hall–Kier alpha value is -2.97. The van der Waals surface area contributed by atoms with E-state index < -0.39 is 21.7 Å². The van der Waals surface area contributed by atoms with Crippen molar-refractivity contribution >= 4 is 27.5 Å². The summed E-state index contributed by atoms with van der Waals surface area (Å²) >= 11 is 5.91. The Morgan fingerprint density at radius 3 is 2.55 bits per heavy atom. The molecule has 3 aromatic rings. The lowest BCUT2D eigenvalue weighted by Crippen LogP contribution is -2.32. The number of halogens is 2. The summed E-state index contributed by atoms with van der Waals surface area (Å²) in [6.07, 6.45) is 1.26. The van der Waals surface area contributed by atoms with E-state index in [2.05, 4.69) is 9.71 Å². The molecule has 2 aromatic carbocycles. The Kier molecular flexibility index (Phi) is 7.39. The Labute approximate surface area is 197 Å². The van der Waals surface area contributed by atoms with Gasteiger partial charge >= 0.3 is 0 Å².